The van der Waals surface area contributed by atoms with E-state index in [1.807, 2.05) is 60.7 Å². The molecular weight excluding hydrogens is 666 g/mol. The van der Waals surface area contributed by atoms with Gasteiger partial charge in [-0.2, -0.15) is 0 Å². The summed E-state index contributed by atoms with van der Waals surface area (Å²) >= 11 is 3.71. The van der Waals surface area contributed by atoms with Crippen molar-refractivity contribution in [2.75, 3.05) is 19.8 Å². The molecule has 47 heavy (non-hydrogen) atoms. The average molecular weight is 709 g/mol. The van der Waals surface area contributed by atoms with Crippen LogP contribution in [0.3, 0.4) is 0 Å². The van der Waals surface area contributed by atoms with Gasteiger partial charge in [-0.25, -0.2) is 0 Å². The van der Waals surface area contributed by atoms with E-state index in [1.165, 1.54) is 4.90 Å². The minimum atomic E-state index is -1.30. The highest BCUT2D eigenvalue weighted by molar-refractivity contribution is 9.09. The van der Waals surface area contributed by atoms with Crippen LogP contribution in [-0.2, 0) is 35.2 Å². The highest BCUT2D eigenvalue weighted by Crippen LogP contribution is 2.60. The highest BCUT2D eigenvalue weighted by Gasteiger charge is 2.77. The molecule has 0 radical (unpaired) electrons. The van der Waals surface area contributed by atoms with Crippen molar-refractivity contribution < 1.29 is 33.8 Å². The van der Waals surface area contributed by atoms with Crippen molar-refractivity contribution in [2.45, 2.75) is 67.4 Å². The number of carbonyl (C=O) groups excluding carboxylic acids is 4. The summed E-state index contributed by atoms with van der Waals surface area (Å²) in [5, 5.41) is 13.3. The minimum Gasteiger partial charge on any atom is -0.463 e. The van der Waals surface area contributed by atoms with Crippen molar-refractivity contribution in [1.29, 1.82) is 0 Å². The summed E-state index contributed by atoms with van der Waals surface area (Å²) < 4.78 is 12.2. The van der Waals surface area contributed by atoms with Gasteiger partial charge in [0, 0.05) is 24.3 Å². The van der Waals surface area contributed by atoms with Crippen LogP contribution in [0.15, 0.2) is 86.0 Å². The zero-order valence-electron chi connectivity index (χ0n) is 26.5. The Kier molecular flexibility index (Phi) is 11.0. The van der Waals surface area contributed by atoms with Gasteiger partial charge in [0.1, 0.15) is 18.2 Å². The Morgan fingerprint density at radius 1 is 1.15 bits per heavy atom. The number of rotatable bonds is 15. The van der Waals surface area contributed by atoms with E-state index in [0.29, 0.717) is 12.8 Å². The Morgan fingerprint density at radius 2 is 1.83 bits per heavy atom. The Balaban J connectivity index is 1.46. The van der Waals surface area contributed by atoms with E-state index in [9.17, 15) is 24.3 Å². The Bertz CT molecular complexity index is 1470. The summed E-state index contributed by atoms with van der Waals surface area (Å²) in [6, 6.07) is 16.2. The lowest BCUT2D eigenvalue weighted by Gasteiger charge is -2.38. The van der Waals surface area contributed by atoms with Gasteiger partial charge in [-0.15, -0.1) is 13.2 Å². The summed E-state index contributed by atoms with van der Waals surface area (Å²) in [5.41, 5.74) is 0.342. The van der Waals surface area contributed by atoms with Gasteiger partial charge in [-0.1, -0.05) is 88.7 Å². The number of halogens is 1. The number of fused-ring (bicyclic) bond motifs is 1. The molecule has 3 aliphatic rings. The molecule has 5 rings (SSSR count). The van der Waals surface area contributed by atoms with Gasteiger partial charge in [0.15, 0.2) is 0 Å². The average Bonchev–Trinajstić information content (AvgIpc) is 3.68. The lowest BCUT2D eigenvalue weighted by atomic mass is 9.70. The highest BCUT2D eigenvalue weighted by atomic mass is 79.9. The van der Waals surface area contributed by atoms with E-state index in [1.54, 1.807) is 24.0 Å². The number of nitrogens with zero attached hydrogens (tertiary/aromatic N) is 2. The van der Waals surface area contributed by atoms with Crippen molar-refractivity contribution >= 4 is 39.6 Å². The summed E-state index contributed by atoms with van der Waals surface area (Å²) in [7, 11) is 0. The molecule has 2 aromatic carbocycles. The molecule has 2 N–H and O–H groups in total. The SMILES string of the molecule is C=CCCC(=O)OC[C@H](NC(=O)[C@H]1[C@@H]2O[C@@]3(CC2Br)[C@@H]1C(=O)N([C@H](C)CO)[C@@H]3C(=O)N(CC=C)Cc1ccccc1)c1ccccc1. The van der Waals surface area contributed by atoms with Crippen molar-refractivity contribution in [3.8, 4) is 0 Å². The first kappa shape index (κ1) is 34.5. The van der Waals surface area contributed by atoms with Crippen LogP contribution < -0.4 is 5.32 Å². The maximum absolute atomic E-state index is 14.6. The monoisotopic (exact) mass is 707 g/mol. The first-order chi connectivity index (χ1) is 22.7. The zero-order valence-corrected chi connectivity index (χ0v) is 28.1. The van der Waals surface area contributed by atoms with Crippen LogP contribution in [0.1, 0.15) is 43.4 Å². The molecule has 3 amide bonds. The van der Waals surface area contributed by atoms with Crippen LogP contribution in [0.4, 0.5) is 0 Å². The third-order valence-electron chi connectivity index (χ3n) is 9.36. The second-order valence-corrected chi connectivity index (χ2v) is 13.6. The third kappa shape index (κ3) is 6.79. The number of benzene rings is 2. The van der Waals surface area contributed by atoms with Crippen molar-refractivity contribution in [1.82, 2.24) is 15.1 Å². The second kappa shape index (κ2) is 15.0. The number of hydrogen-bond donors (Lipinski definition) is 2. The molecule has 3 heterocycles. The molecule has 3 saturated heterocycles. The van der Waals surface area contributed by atoms with Crippen LogP contribution in [0.25, 0.3) is 0 Å². The summed E-state index contributed by atoms with van der Waals surface area (Å²) in [4.78, 5) is 58.3. The number of ether oxygens (including phenoxy) is 2. The molecule has 10 nitrogen and oxygen atoms in total. The number of esters is 1. The number of amides is 3. The quantitative estimate of drug-likeness (QED) is 0.164. The molecule has 1 spiro atoms. The fraction of sp³-hybridized carbons (Fsp3) is 0.444. The smallest absolute Gasteiger partial charge is 0.306 e. The number of aliphatic hydroxyl groups excluding tert-OH is 1. The maximum Gasteiger partial charge on any atom is 0.306 e. The van der Waals surface area contributed by atoms with Crippen LogP contribution in [0.2, 0.25) is 0 Å². The Hall–Kier alpha value is -3.80. The number of aliphatic hydroxyl groups is 1. The third-order valence-corrected chi connectivity index (χ3v) is 10.2. The predicted octanol–water partition coefficient (Wildman–Crippen LogP) is 3.70. The number of allylic oxidation sites excluding steroid dienone is 1. The molecule has 1 unspecified atom stereocenters. The van der Waals surface area contributed by atoms with E-state index in [2.05, 4.69) is 34.4 Å². The van der Waals surface area contributed by atoms with Gasteiger partial charge < -0.3 is 29.7 Å². The van der Waals surface area contributed by atoms with Gasteiger partial charge in [0.05, 0.1) is 36.6 Å². The maximum atomic E-state index is 14.6. The number of hydrogen-bond acceptors (Lipinski definition) is 7. The summed E-state index contributed by atoms with van der Waals surface area (Å²) in [5.74, 6) is -3.48. The normalized spacial score (nSPS) is 27.1. The fourth-order valence-electron chi connectivity index (χ4n) is 7.22. The first-order valence-corrected chi connectivity index (χ1v) is 16.9. The van der Waals surface area contributed by atoms with Crippen molar-refractivity contribution in [3.05, 3.63) is 97.1 Å². The van der Waals surface area contributed by atoms with Gasteiger partial charge in [0.2, 0.25) is 17.7 Å². The predicted molar refractivity (Wildman–Crippen MR) is 179 cm³/mol. The number of alkyl halides is 1. The molecule has 2 aromatic rings. The largest absolute Gasteiger partial charge is 0.463 e. The lowest BCUT2D eigenvalue weighted by Crippen LogP contribution is -2.58. The first-order valence-electron chi connectivity index (χ1n) is 16.0. The van der Waals surface area contributed by atoms with Crippen LogP contribution in [0, 0.1) is 11.8 Å². The standard InChI is InChI=1S/C36H42BrN3O7/c1-4-6-17-28(42)46-22-27(25-15-11-8-12-16-25)38-33(43)29-30-34(44)40(23(3)21-41)32(36(30)19-26(37)31(29)47-36)35(45)39(18-5-2)20-24-13-9-7-10-14-24/h4-5,7-16,23,26-27,29-32,41H,1-2,6,17-22H2,3H3,(H,38,43)/t23-,26?,27+,29-,30+,31-,32-,36+/m1/s1. The van der Waals surface area contributed by atoms with Crippen molar-refractivity contribution in [2.24, 2.45) is 11.8 Å². The number of carbonyl (C=O) groups is 4. The van der Waals surface area contributed by atoms with Gasteiger partial charge in [0.25, 0.3) is 0 Å². The summed E-state index contributed by atoms with van der Waals surface area (Å²) in [6.45, 7) is 9.21. The van der Waals surface area contributed by atoms with Crippen LogP contribution >= 0.6 is 15.9 Å². The van der Waals surface area contributed by atoms with E-state index in [-0.39, 0.29) is 43.5 Å². The molecule has 11 heteroatoms. The molecule has 0 saturated carbocycles. The second-order valence-electron chi connectivity index (χ2n) is 12.4. The fourth-order valence-corrected chi connectivity index (χ4v) is 8.16. The van der Waals surface area contributed by atoms with Gasteiger partial charge >= 0.3 is 5.97 Å². The molecule has 0 aliphatic carbocycles. The van der Waals surface area contributed by atoms with Gasteiger partial charge in [-0.05, 0) is 30.9 Å². The number of likely N-dealkylation sites (tertiary alicyclic amines) is 1. The molecule has 3 fully saturated rings. The Labute approximate surface area is 283 Å². The van der Waals surface area contributed by atoms with Gasteiger partial charge in [-0.3, -0.25) is 19.2 Å². The molecule has 250 valence electrons. The van der Waals surface area contributed by atoms with E-state index >= 15 is 0 Å². The van der Waals surface area contributed by atoms with Crippen LogP contribution in [-0.4, -0.2) is 87.0 Å². The van der Waals surface area contributed by atoms with E-state index in [0.717, 1.165) is 11.1 Å². The molecule has 2 bridgehead atoms. The van der Waals surface area contributed by atoms with Crippen LogP contribution in [0.5, 0.6) is 0 Å². The van der Waals surface area contributed by atoms with Crippen molar-refractivity contribution in [3.63, 3.8) is 0 Å². The molecule has 0 aromatic heterocycles. The van der Waals surface area contributed by atoms with E-state index in [4.69, 9.17) is 9.47 Å². The Morgan fingerprint density at radius 3 is 2.47 bits per heavy atom. The molecular formula is C36H42BrN3O7. The van der Waals surface area contributed by atoms with E-state index < -0.39 is 59.5 Å². The lowest BCUT2D eigenvalue weighted by molar-refractivity contribution is -0.151. The zero-order chi connectivity index (χ0) is 33.7. The topological polar surface area (TPSA) is 125 Å². The molecule has 3 aliphatic heterocycles. The minimum absolute atomic E-state index is 0.101. The number of nitrogens with one attached hydrogen (secondary N) is 1. The summed E-state index contributed by atoms with van der Waals surface area (Å²) in [6.07, 6.45) is 3.56. The molecule has 8 atom stereocenters.